The molecule has 0 amide bonds. The van der Waals surface area contributed by atoms with E-state index < -0.39 is 0 Å². The molecule has 0 saturated heterocycles. The van der Waals surface area contributed by atoms with Crippen molar-refractivity contribution in [2.24, 2.45) is 5.73 Å². The molecule has 2 aromatic rings. The van der Waals surface area contributed by atoms with Crippen LogP contribution < -0.4 is 10.6 Å². The van der Waals surface area contributed by atoms with Crippen LogP contribution in [0.25, 0.3) is 0 Å². The summed E-state index contributed by atoms with van der Waals surface area (Å²) in [6.07, 6.45) is 0. The molecule has 0 spiro atoms. The van der Waals surface area contributed by atoms with Crippen molar-refractivity contribution >= 4 is 40.3 Å². The monoisotopic (exact) mass is 371 g/mol. The maximum Gasteiger partial charge on any atom is 0.104 e. The Bertz CT molecular complexity index is 788. The van der Waals surface area contributed by atoms with Gasteiger partial charge in [-0.15, -0.1) is 0 Å². The van der Waals surface area contributed by atoms with Crippen LogP contribution in [0.5, 0.6) is 0 Å². The van der Waals surface area contributed by atoms with E-state index in [4.69, 9.17) is 18.0 Å². The van der Waals surface area contributed by atoms with Gasteiger partial charge in [0.25, 0.3) is 0 Å². The smallest absolute Gasteiger partial charge is 0.104 e. The van der Waals surface area contributed by atoms with Gasteiger partial charge in [0.05, 0.1) is 11.4 Å². The fourth-order valence-electron chi connectivity index (χ4n) is 3.12. The molecule has 0 radical (unpaired) electrons. The first-order valence-corrected chi connectivity index (χ1v) is 9.81. The zero-order valence-corrected chi connectivity index (χ0v) is 16.8. The minimum atomic E-state index is 0.329. The molecule has 2 N–H and O–H groups in total. The fourth-order valence-corrected chi connectivity index (χ4v) is 4.30. The number of para-hydroxylation sites is 1. The highest BCUT2D eigenvalue weighted by Crippen LogP contribution is 2.49. The first kappa shape index (κ1) is 18.2. The predicted molar refractivity (Wildman–Crippen MR) is 112 cm³/mol. The molecule has 25 heavy (non-hydrogen) atoms. The Hall–Kier alpha value is -1.56. The minimum absolute atomic E-state index is 0.329. The van der Waals surface area contributed by atoms with E-state index in [-0.39, 0.29) is 0 Å². The Labute approximate surface area is 160 Å². The molecule has 3 nitrogen and oxygen atoms in total. The van der Waals surface area contributed by atoms with E-state index in [1.807, 2.05) is 17.8 Å². The molecule has 0 unspecified atom stereocenters. The van der Waals surface area contributed by atoms with Gasteiger partial charge in [-0.05, 0) is 52.1 Å². The number of hydrogen-bond acceptors (Lipinski definition) is 4. The Morgan fingerprint density at radius 1 is 1.12 bits per heavy atom. The summed E-state index contributed by atoms with van der Waals surface area (Å²) < 4.78 is 0. The SMILES string of the molecule is CC(C)N(C)C[C@@H](C)N1c2ccccc2Sc2ccc(C(N)=S)cc21. The second-order valence-corrected chi connectivity index (χ2v) is 8.39. The molecule has 0 aromatic heterocycles. The summed E-state index contributed by atoms with van der Waals surface area (Å²) in [5.41, 5.74) is 9.25. The van der Waals surface area contributed by atoms with Crippen LogP contribution in [-0.2, 0) is 0 Å². The van der Waals surface area contributed by atoms with Crippen molar-refractivity contribution in [2.45, 2.75) is 42.6 Å². The standard InChI is InChI=1S/C20H25N3S2/c1-13(2)22(4)12-14(3)23-16-7-5-6-8-18(16)25-19-10-9-15(20(21)24)11-17(19)23/h5-11,13-14H,12H2,1-4H3,(H2,21,24)/t14-/m1/s1. The molecule has 5 heteroatoms. The predicted octanol–water partition coefficient (Wildman–Crippen LogP) is 4.65. The summed E-state index contributed by atoms with van der Waals surface area (Å²) in [6, 6.07) is 15.7. The summed E-state index contributed by atoms with van der Waals surface area (Å²) in [4.78, 5) is 7.79. The van der Waals surface area contributed by atoms with Crippen molar-refractivity contribution < 1.29 is 0 Å². The van der Waals surface area contributed by atoms with E-state index in [0.29, 0.717) is 17.1 Å². The van der Waals surface area contributed by atoms with Gasteiger partial charge in [-0.1, -0.05) is 42.2 Å². The van der Waals surface area contributed by atoms with Gasteiger partial charge in [-0.2, -0.15) is 0 Å². The number of hydrogen-bond donors (Lipinski definition) is 1. The molecule has 1 heterocycles. The third-order valence-corrected chi connectivity index (χ3v) is 6.09. The van der Waals surface area contributed by atoms with E-state index in [1.165, 1.54) is 21.2 Å². The van der Waals surface area contributed by atoms with Crippen LogP contribution in [0.15, 0.2) is 52.3 Å². The number of anilines is 2. The maximum absolute atomic E-state index is 5.88. The molecule has 0 bridgehead atoms. The number of rotatable bonds is 5. The lowest BCUT2D eigenvalue weighted by molar-refractivity contribution is 0.260. The molecular weight excluding hydrogens is 346 g/mol. The van der Waals surface area contributed by atoms with Crippen molar-refractivity contribution in [1.82, 2.24) is 4.90 Å². The molecule has 0 saturated carbocycles. The fraction of sp³-hybridized carbons (Fsp3) is 0.350. The van der Waals surface area contributed by atoms with Crippen LogP contribution >= 0.6 is 24.0 Å². The van der Waals surface area contributed by atoms with Crippen LogP contribution in [0.1, 0.15) is 26.3 Å². The molecule has 132 valence electrons. The number of nitrogens with two attached hydrogens (primary N) is 1. The van der Waals surface area contributed by atoms with E-state index in [2.05, 4.69) is 74.0 Å². The Morgan fingerprint density at radius 2 is 1.80 bits per heavy atom. The number of thiocarbonyl (C=S) groups is 1. The first-order chi connectivity index (χ1) is 11.9. The highest BCUT2D eigenvalue weighted by atomic mass is 32.2. The van der Waals surface area contributed by atoms with Crippen LogP contribution in [-0.4, -0.2) is 35.6 Å². The lowest BCUT2D eigenvalue weighted by Gasteiger charge is -2.39. The summed E-state index contributed by atoms with van der Waals surface area (Å²) >= 11 is 7.01. The minimum Gasteiger partial charge on any atom is -0.389 e. The zero-order valence-electron chi connectivity index (χ0n) is 15.2. The second kappa shape index (κ2) is 7.36. The Balaban J connectivity index is 2.06. The number of benzene rings is 2. The third kappa shape index (κ3) is 3.68. The quantitative estimate of drug-likeness (QED) is 0.773. The van der Waals surface area contributed by atoms with E-state index in [1.54, 1.807) is 0 Å². The molecule has 1 aliphatic heterocycles. The highest BCUT2D eigenvalue weighted by Gasteiger charge is 2.28. The van der Waals surface area contributed by atoms with Crippen molar-refractivity contribution in [3.63, 3.8) is 0 Å². The summed E-state index contributed by atoms with van der Waals surface area (Å²) in [5, 5.41) is 0. The summed E-state index contributed by atoms with van der Waals surface area (Å²) in [7, 11) is 2.18. The van der Waals surface area contributed by atoms with Crippen molar-refractivity contribution in [1.29, 1.82) is 0 Å². The lowest BCUT2D eigenvalue weighted by atomic mass is 10.1. The van der Waals surface area contributed by atoms with Crippen LogP contribution in [0, 0.1) is 0 Å². The summed E-state index contributed by atoms with van der Waals surface area (Å²) in [6.45, 7) is 7.72. The van der Waals surface area contributed by atoms with Crippen LogP contribution in [0.4, 0.5) is 11.4 Å². The van der Waals surface area contributed by atoms with E-state index >= 15 is 0 Å². The molecular formula is C20H25N3S2. The molecule has 0 fully saturated rings. The van der Waals surface area contributed by atoms with Crippen molar-refractivity contribution in [2.75, 3.05) is 18.5 Å². The lowest BCUT2D eigenvalue weighted by Crippen LogP contribution is -2.42. The van der Waals surface area contributed by atoms with Gasteiger partial charge in [0.15, 0.2) is 0 Å². The van der Waals surface area contributed by atoms with Gasteiger partial charge < -0.3 is 15.5 Å². The van der Waals surface area contributed by atoms with E-state index in [0.717, 1.165) is 12.1 Å². The Kier molecular flexibility index (Phi) is 5.37. The topological polar surface area (TPSA) is 32.5 Å². The van der Waals surface area contributed by atoms with Gasteiger partial charge in [0, 0.05) is 34.0 Å². The molecule has 1 atom stereocenters. The van der Waals surface area contributed by atoms with Crippen molar-refractivity contribution in [3.8, 4) is 0 Å². The largest absolute Gasteiger partial charge is 0.389 e. The second-order valence-electron chi connectivity index (χ2n) is 6.87. The first-order valence-electron chi connectivity index (χ1n) is 8.58. The number of fused-ring (bicyclic) bond motifs is 2. The van der Waals surface area contributed by atoms with Gasteiger partial charge >= 0.3 is 0 Å². The molecule has 1 aliphatic rings. The maximum atomic E-state index is 5.88. The average Bonchev–Trinajstić information content (AvgIpc) is 2.58. The van der Waals surface area contributed by atoms with Crippen LogP contribution in [0.3, 0.4) is 0 Å². The average molecular weight is 372 g/mol. The van der Waals surface area contributed by atoms with Gasteiger partial charge in [-0.25, -0.2) is 0 Å². The Morgan fingerprint density at radius 3 is 2.48 bits per heavy atom. The normalized spacial score (nSPS) is 14.4. The highest BCUT2D eigenvalue weighted by molar-refractivity contribution is 7.99. The molecule has 2 aromatic carbocycles. The zero-order chi connectivity index (χ0) is 18.1. The third-order valence-electron chi connectivity index (χ3n) is 4.72. The van der Waals surface area contributed by atoms with E-state index in [9.17, 15) is 0 Å². The summed E-state index contributed by atoms with van der Waals surface area (Å²) in [5.74, 6) is 0. The van der Waals surface area contributed by atoms with Crippen molar-refractivity contribution in [3.05, 3.63) is 48.0 Å². The molecule has 3 rings (SSSR count). The van der Waals surface area contributed by atoms with Gasteiger partial charge in [0.1, 0.15) is 4.99 Å². The number of likely N-dealkylation sites (N-methyl/N-ethyl adjacent to an activating group) is 1. The van der Waals surface area contributed by atoms with Gasteiger partial charge in [0.2, 0.25) is 0 Å². The van der Waals surface area contributed by atoms with Crippen LogP contribution in [0.2, 0.25) is 0 Å². The van der Waals surface area contributed by atoms with Gasteiger partial charge in [-0.3, -0.25) is 0 Å². The molecule has 0 aliphatic carbocycles. The number of nitrogens with zero attached hydrogens (tertiary/aromatic N) is 2.